The number of nitrogens with zero attached hydrogens (tertiary/aromatic N) is 2. The van der Waals surface area contributed by atoms with E-state index < -0.39 is 10.2 Å². The van der Waals surface area contributed by atoms with Crippen molar-refractivity contribution in [3.63, 3.8) is 0 Å². The number of methoxy groups -OCH3 is 1. The van der Waals surface area contributed by atoms with Crippen LogP contribution in [0.15, 0.2) is 41.6 Å². The number of fused-ring (bicyclic) bond motifs is 1. The third-order valence-corrected chi connectivity index (χ3v) is 5.04. The zero-order chi connectivity index (χ0) is 19.6. The minimum atomic E-state index is -0.549. The SMILES string of the molecule is COc1ccc2nc(SC(C)C(=O)Nc3ccc([N+](=O)[O-])cc3Cl)[nH]c2c1. The molecule has 1 aromatic heterocycles. The first kappa shape index (κ1) is 19.0. The minimum absolute atomic E-state index is 0.102. The number of carbonyl (C=O) groups excluding carboxylic acids is 1. The molecule has 3 aromatic rings. The molecule has 8 nitrogen and oxygen atoms in total. The summed E-state index contributed by atoms with van der Waals surface area (Å²) in [7, 11) is 1.59. The second kappa shape index (κ2) is 7.85. The van der Waals surface area contributed by atoms with Crippen LogP contribution in [0.5, 0.6) is 5.75 Å². The number of thioether (sulfide) groups is 1. The van der Waals surface area contributed by atoms with Gasteiger partial charge < -0.3 is 15.0 Å². The topological polar surface area (TPSA) is 110 Å². The van der Waals surface area contributed by atoms with Crippen LogP contribution in [0.2, 0.25) is 5.02 Å². The van der Waals surface area contributed by atoms with Crippen molar-refractivity contribution in [3.05, 3.63) is 51.5 Å². The van der Waals surface area contributed by atoms with Gasteiger partial charge in [0.1, 0.15) is 5.75 Å². The lowest BCUT2D eigenvalue weighted by molar-refractivity contribution is -0.384. The molecule has 140 valence electrons. The molecule has 0 radical (unpaired) electrons. The van der Waals surface area contributed by atoms with Crippen molar-refractivity contribution in [2.45, 2.75) is 17.3 Å². The zero-order valence-electron chi connectivity index (χ0n) is 14.4. The van der Waals surface area contributed by atoms with E-state index in [0.29, 0.717) is 16.6 Å². The molecule has 1 heterocycles. The Morgan fingerprint density at radius 2 is 2.15 bits per heavy atom. The fraction of sp³-hybridized carbons (Fsp3) is 0.176. The van der Waals surface area contributed by atoms with Gasteiger partial charge in [-0.1, -0.05) is 23.4 Å². The molecule has 0 saturated heterocycles. The van der Waals surface area contributed by atoms with Crippen molar-refractivity contribution < 1.29 is 14.5 Å². The first-order valence-electron chi connectivity index (χ1n) is 7.82. The molecule has 0 saturated carbocycles. The van der Waals surface area contributed by atoms with E-state index in [9.17, 15) is 14.9 Å². The fourth-order valence-corrected chi connectivity index (χ4v) is 3.37. The van der Waals surface area contributed by atoms with Gasteiger partial charge >= 0.3 is 0 Å². The van der Waals surface area contributed by atoms with E-state index in [-0.39, 0.29) is 16.6 Å². The predicted molar refractivity (Wildman–Crippen MR) is 105 cm³/mol. The number of non-ortho nitro benzene ring substituents is 1. The quantitative estimate of drug-likeness (QED) is 0.359. The second-order valence-electron chi connectivity index (χ2n) is 5.60. The summed E-state index contributed by atoms with van der Waals surface area (Å²) in [6.07, 6.45) is 0. The lowest BCUT2D eigenvalue weighted by atomic mass is 10.2. The molecule has 1 amide bonds. The summed E-state index contributed by atoms with van der Waals surface area (Å²) in [5.74, 6) is 0.412. The van der Waals surface area contributed by atoms with Crippen LogP contribution in [0.25, 0.3) is 11.0 Å². The van der Waals surface area contributed by atoms with Gasteiger partial charge in [-0.05, 0) is 25.1 Å². The third-order valence-electron chi connectivity index (χ3n) is 3.75. The maximum Gasteiger partial charge on any atom is 0.271 e. The number of aromatic amines is 1. The zero-order valence-corrected chi connectivity index (χ0v) is 15.9. The molecule has 3 rings (SSSR count). The Kier molecular flexibility index (Phi) is 5.52. The van der Waals surface area contributed by atoms with Gasteiger partial charge in [-0.15, -0.1) is 0 Å². The van der Waals surface area contributed by atoms with Gasteiger partial charge in [0, 0.05) is 18.2 Å². The van der Waals surface area contributed by atoms with Crippen LogP contribution >= 0.6 is 23.4 Å². The number of H-pyrrole nitrogens is 1. The molecule has 2 N–H and O–H groups in total. The lowest BCUT2D eigenvalue weighted by Crippen LogP contribution is -2.22. The van der Waals surface area contributed by atoms with Gasteiger partial charge in [-0.3, -0.25) is 14.9 Å². The number of anilines is 1. The van der Waals surface area contributed by atoms with Crippen LogP contribution < -0.4 is 10.1 Å². The minimum Gasteiger partial charge on any atom is -0.497 e. The summed E-state index contributed by atoms with van der Waals surface area (Å²) in [6, 6.07) is 9.35. The van der Waals surface area contributed by atoms with Crippen molar-refractivity contribution in [3.8, 4) is 5.75 Å². The normalized spacial score (nSPS) is 12.0. The highest BCUT2D eigenvalue weighted by Gasteiger charge is 2.19. The third kappa shape index (κ3) is 4.32. The number of nitro groups is 1. The van der Waals surface area contributed by atoms with E-state index in [1.54, 1.807) is 14.0 Å². The molecular weight excluding hydrogens is 392 g/mol. The Balaban J connectivity index is 1.69. The van der Waals surface area contributed by atoms with Gasteiger partial charge in [0.15, 0.2) is 5.16 Å². The number of imidazole rings is 1. The maximum atomic E-state index is 12.4. The fourth-order valence-electron chi connectivity index (χ4n) is 2.32. The number of amides is 1. The Morgan fingerprint density at radius 1 is 1.37 bits per heavy atom. The molecule has 0 spiro atoms. The van der Waals surface area contributed by atoms with Crippen LogP contribution in [0.4, 0.5) is 11.4 Å². The Bertz CT molecular complexity index is 1020. The van der Waals surface area contributed by atoms with Crippen LogP contribution in [0, 0.1) is 10.1 Å². The number of halogens is 1. The number of hydrogen-bond donors (Lipinski definition) is 2. The van der Waals surface area contributed by atoms with Gasteiger partial charge in [-0.2, -0.15) is 0 Å². The molecule has 0 bridgehead atoms. The molecule has 27 heavy (non-hydrogen) atoms. The molecule has 0 aliphatic heterocycles. The van der Waals surface area contributed by atoms with Gasteiger partial charge in [-0.25, -0.2) is 4.98 Å². The van der Waals surface area contributed by atoms with Crippen molar-refractivity contribution in [1.82, 2.24) is 9.97 Å². The van der Waals surface area contributed by atoms with Crippen molar-refractivity contribution in [2.24, 2.45) is 0 Å². The monoisotopic (exact) mass is 406 g/mol. The molecule has 0 aliphatic rings. The van der Waals surface area contributed by atoms with E-state index in [1.165, 1.54) is 30.0 Å². The number of nitrogens with one attached hydrogen (secondary N) is 2. The largest absolute Gasteiger partial charge is 0.497 e. The van der Waals surface area contributed by atoms with Gasteiger partial charge in [0.05, 0.1) is 39.0 Å². The van der Waals surface area contributed by atoms with Gasteiger partial charge in [0.25, 0.3) is 5.69 Å². The van der Waals surface area contributed by atoms with Crippen molar-refractivity contribution >= 4 is 51.7 Å². The van der Waals surface area contributed by atoms with Crippen molar-refractivity contribution in [1.29, 1.82) is 0 Å². The number of ether oxygens (including phenoxy) is 1. The highest BCUT2D eigenvalue weighted by atomic mass is 35.5. The van der Waals surface area contributed by atoms with E-state index in [1.807, 2.05) is 18.2 Å². The lowest BCUT2D eigenvalue weighted by Gasteiger charge is -2.11. The van der Waals surface area contributed by atoms with Crippen LogP contribution in [0.3, 0.4) is 0 Å². The Morgan fingerprint density at radius 3 is 2.81 bits per heavy atom. The number of aromatic nitrogens is 2. The predicted octanol–water partition coefficient (Wildman–Crippen LogP) is 4.25. The number of carbonyl (C=O) groups is 1. The van der Waals surface area contributed by atoms with Gasteiger partial charge in [0.2, 0.25) is 5.91 Å². The highest BCUT2D eigenvalue weighted by molar-refractivity contribution is 8.00. The first-order chi connectivity index (χ1) is 12.9. The average molecular weight is 407 g/mol. The highest BCUT2D eigenvalue weighted by Crippen LogP contribution is 2.29. The summed E-state index contributed by atoms with van der Waals surface area (Å²) < 4.78 is 5.18. The molecule has 0 fully saturated rings. The number of rotatable bonds is 6. The molecular formula is C17H15ClN4O4S. The van der Waals surface area contributed by atoms with E-state index in [0.717, 1.165) is 11.0 Å². The summed E-state index contributed by atoms with van der Waals surface area (Å²) in [6.45, 7) is 1.73. The number of nitro benzene ring substituents is 1. The summed E-state index contributed by atoms with van der Waals surface area (Å²) in [5, 5.41) is 13.6. The Hall–Kier alpha value is -2.78. The molecule has 1 unspecified atom stereocenters. The summed E-state index contributed by atoms with van der Waals surface area (Å²) in [4.78, 5) is 30.2. The molecule has 2 aromatic carbocycles. The summed E-state index contributed by atoms with van der Waals surface area (Å²) >= 11 is 7.26. The number of benzene rings is 2. The van der Waals surface area contributed by atoms with Crippen LogP contribution in [-0.4, -0.2) is 33.2 Å². The second-order valence-corrected chi connectivity index (χ2v) is 7.33. The van der Waals surface area contributed by atoms with Crippen molar-refractivity contribution in [2.75, 3.05) is 12.4 Å². The van der Waals surface area contributed by atoms with E-state index in [4.69, 9.17) is 16.3 Å². The van der Waals surface area contributed by atoms with Crippen LogP contribution in [0.1, 0.15) is 6.92 Å². The summed E-state index contributed by atoms with van der Waals surface area (Å²) in [5.41, 5.74) is 1.75. The maximum absolute atomic E-state index is 12.4. The molecule has 1 atom stereocenters. The molecule has 0 aliphatic carbocycles. The first-order valence-corrected chi connectivity index (χ1v) is 9.08. The van der Waals surface area contributed by atoms with E-state index >= 15 is 0 Å². The Labute approximate surface area is 163 Å². The standard InChI is InChI=1S/C17H15ClN4O4S/c1-9(16(23)19-13-5-3-10(22(24)25)7-12(13)18)27-17-20-14-6-4-11(26-2)8-15(14)21-17/h3-9H,1-2H3,(H,19,23)(H,20,21). The van der Waals surface area contributed by atoms with E-state index in [2.05, 4.69) is 15.3 Å². The van der Waals surface area contributed by atoms with Crippen LogP contribution in [-0.2, 0) is 4.79 Å². The smallest absolute Gasteiger partial charge is 0.271 e. The average Bonchev–Trinajstić information content (AvgIpc) is 3.04. The number of hydrogen-bond acceptors (Lipinski definition) is 6. The molecule has 10 heteroatoms.